The number of nitrogens with one attached hydrogen (secondary N) is 1. The lowest BCUT2D eigenvalue weighted by Gasteiger charge is -2.25. The van der Waals surface area contributed by atoms with Crippen molar-refractivity contribution in [2.75, 3.05) is 12.0 Å². The lowest BCUT2D eigenvalue weighted by molar-refractivity contribution is 0.460. The van der Waals surface area contributed by atoms with Crippen molar-refractivity contribution < 1.29 is 0 Å². The molecule has 0 bridgehead atoms. The number of nitrogens with zero attached hydrogens (tertiary/aromatic N) is 1. The number of hydrogen-bond donors (Lipinski definition) is 1. The topological polar surface area (TPSA) is 24.9 Å². The van der Waals surface area contributed by atoms with Crippen LogP contribution in [0.2, 0.25) is 0 Å². The van der Waals surface area contributed by atoms with E-state index in [1.165, 1.54) is 11.1 Å². The third-order valence-corrected chi connectivity index (χ3v) is 4.12. The van der Waals surface area contributed by atoms with Crippen molar-refractivity contribution in [1.82, 2.24) is 10.3 Å². The molecule has 2 nitrogen and oxygen atoms in total. The molecule has 0 saturated carbocycles. The molecule has 0 unspecified atom stereocenters. The highest BCUT2D eigenvalue weighted by molar-refractivity contribution is 7.98. The molecular formula is C17H22N2S. The van der Waals surface area contributed by atoms with Crippen LogP contribution in [0, 0.1) is 0 Å². The average Bonchev–Trinajstić information content (AvgIpc) is 2.53. The van der Waals surface area contributed by atoms with E-state index in [-0.39, 0.29) is 0 Å². The van der Waals surface area contributed by atoms with E-state index in [2.05, 4.69) is 65.9 Å². The first-order valence-corrected chi connectivity index (χ1v) is 8.44. The molecule has 0 aliphatic carbocycles. The van der Waals surface area contributed by atoms with Gasteiger partial charge in [0.2, 0.25) is 0 Å². The monoisotopic (exact) mass is 286 g/mol. The molecule has 3 heteroatoms. The van der Waals surface area contributed by atoms with E-state index in [9.17, 15) is 0 Å². The van der Waals surface area contributed by atoms with Gasteiger partial charge in [-0.3, -0.25) is 4.98 Å². The minimum absolute atomic E-state index is 0.371. The van der Waals surface area contributed by atoms with Gasteiger partial charge in [0.15, 0.2) is 0 Å². The predicted octanol–water partition coefficient (Wildman–Crippen LogP) is 4.23. The molecule has 0 fully saturated rings. The van der Waals surface area contributed by atoms with Crippen LogP contribution >= 0.6 is 11.8 Å². The quantitative estimate of drug-likeness (QED) is 0.824. The van der Waals surface area contributed by atoms with Gasteiger partial charge in [-0.2, -0.15) is 11.8 Å². The zero-order valence-electron chi connectivity index (χ0n) is 12.1. The van der Waals surface area contributed by atoms with Crippen molar-refractivity contribution in [3.63, 3.8) is 0 Å². The van der Waals surface area contributed by atoms with Crippen LogP contribution in [-0.2, 0) is 0 Å². The summed E-state index contributed by atoms with van der Waals surface area (Å²) >= 11 is 1.88. The number of benzene rings is 1. The van der Waals surface area contributed by atoms with Crippen LogP contribution in [0.4, 0.5) is 0 Å². The minimum Gasteiger partial charge on any atom is -0.302 e. The van der Waals surface area contributed by atoms with E-state index in [0.29, 0.717) is 12.1 Å². The van der Waals surface area contributed by atoms with E-state index < -0.39 is 0 Å². The molecule has 2 aromatic rings. The number of rotatable bonds is 7. The summed E-state index contributed by atoms with van der Waals surface area (Å²) in [6.45, 7) is 2.22. The maximum atomic E-state index is 4.10. The Morgan fingerprint density at radius 3 is 2.25 bits per heavy atom. The third-order valence-electron chi connectivity index (χ3n) is 3.45. The molecule has 20 heavy (non-hydrogen) atoms. The van der Waals surface area contributed by atoms with E-state index in [1.807, 2.05) is 24.2 Å². The molecule has 2 rings (SSSR count). The summed E-state index contributed by atoms with van der Waals surface area (Å²) in [5, 5.41) is 3.79. The summed E-state index contributed by atoms with van der Waals surface area (Å²) < 4.78 is 0. The van der Waals surface area contributed by atoms with Gasteiger partial charge in [0.1, 0.15) is 0 Å². The smallest absolute Gasteiger partial charge is 0.0416 e. The van der Waals surface area contributed by atoms with Gasteiger partial charge in [-0.25, -0.2) is 0 Å². The van der Waals surface area contributed by atoms with Crippen LogP contribution in [0.15, 0.2) is 54.9 Å². The third kappa shape index (κ3) is 4.09. The second-order valence-corrected chi connectivity index (χ2v) is 5.74. The van der Waals surface area contributed by atoms with Gasteiger partial charge >= 0.3 is 0 Å². The highest BCUT2D eigenvalue weighted by atomic mass is 32.2. The van der Waals surface area contributed by atoms with Gasteiger partial charge in [0.25, 0.3) is 0 Å². The zero-order chi connectivity index (χ0) is 14.2. The molecule has 1 N–H and O–H groups in total. The highest BCUT2D eigenvalue weighted by Crippen LogP contribution is 2.24. The maximum absolute atomic E-state index is 4.10. The summed E-state index contributed by atoms with van der Waals surface area (Å²) in [6.07, 6.45) is 6.96. The lowest BCUT2D eigenvalue weighted by atomic mass is 10.0. The van der Waals surface area contributed by atoms with E-state index in [1.54, 1.807) is 0 Å². The van der Waals surface area contributed by atoms with Crippen molar-refractivity contribution in [3.05, 3.63) is 66.0 Å². The largest absolute Gasteiger partial charge is 0.302 e. The Morgan fingerprint density at radius 2 is 1.65 bits per heavy atom. The number of pyridine rings is 1. The van der Waals surface area contributed by atoms with E-state index in [0.717, 1.165) is 12.2 Å². The van der Waals surface area contributed by atoms with Crippen LogP contribution in [0.3, 0.4) is 0 Å². The van der Waals surface area contributed by atoms with Gasteiger partial charge in [-0.05, 0) is 35.9 Å². The first-order chi connectivity index (χ1) is 9.85. The van der Waals surface area contributed by atoms with Crippen molar-refractivity contribution >= 4 is 11.8 Å². The molecule has 0 aliphatic heterocycles. The van der Waals surface area contributed by atoms with Crippen LogP contribution < -0.4 is 5.32 Å². The number of thioether (sulfide) groups is 1. The number of hydrogen-bond acceptors (Lipinski definition) is 3. The number of aromatic nitrogens is 1. The second kappa shape index (κ2) is 8.08. The van der Waals surface area contributed by atoms with Crippen molar-refractivity contribution in [2.24, 2.45) is 0 Å². The van der Waals surface area contributed by atoms with Gasteiger partial charge in [-0.15, -0.1) is 0 Å². The van der Waals surface area contributed by atoms with Gasteiger partial charge in [0.05, 0.1) is 0 Å². The maximum Gasteiger partial charge on any atom is 0.0416 e. The lowest BCUT2D eigenvalue weighted by Crippen LogP contribution is -2.27. The molecule has 106 valence electrons. The molecule has 0 aliphatic rings. The fourth-order valence-corrected chi connectivity index (χ4v) is 3.00. The molecule has 0 radical (unpaired) electrons. The average molecular weight is 286 g/mol. The summed E-state index contributed by atoms with van der Waals surface area (Å²) in [5.74, 6) is 1.07. The fraction of sp³-hybridized carbons (Fsp3) is 0.353. The standard InChI is InChI=1S/C17H22N2S/c1-3-16(15-9-11-18-12-10-15)19-17(13-20-2)14-7-5-4-6-8-14/h4-12,16-17,19H,3,13H2,1-2H3/t16-,17+/m0/s1. The molecule has 1 aromatic carbocycles. The van der Waals surface area contributed by atoms with Crippen LogP contribution in [0.5, 0.6) is 0 Å². The summed E-state index contributed by atoms with van der Waals surface area (Å²) in [7, 11) is 0. The Bertz CT molecular complexity index is 487. The molecule has 0 saturated heterocycles. The predicted molar refractivity (Wildman–Crippen MR) is 88.0 cm³/mol. The molecule has 1 aromatic heterocycles. The summed E-state index contributed by atoms with van der Waals surface area (Å²) in [5.41, 5.74) is 2.67. The van der Waals surface area contributed by atoms with Gasteiger partial charge in [0, 0.05) is 30.2 Å². The van der Waals surface area contributed by atoms with Gasteiger partial charge < -0.3 is 5.32 Å². The van der Waals surface area contributed by atoms with Crippen molar-refractivity contribution in [1.29, 1.82) is 0 Å². The van der Waals surface area contributed by atoms with Gasteiger partial charge in [-0.1, -0.05) is 37.3 Å². The molecule has 0 amide bonds. The highest BCUT2D eigenvalue weighted by Gasteiger charge is 2.16. The van der Waals surface area contributed by atoms with Crippen LogP contribution in [-0.4, -0.2) is 17.0 Å². The molecular weight excluding hydrogens is 264 g/mol. The van der Waals surface area contributed by atoms with E-state index >= 15 is 0 Å². The Kier molecular flexibility index (Phi) is 6.09. The van der Waals surface area contributed by atoms with Crippen LogP contribution in [0.1, 0.15) is 36.6 Å². The summed E-state index contributed by atoms with van der Waals surface area (Å²) in [4.78, 5) is 4.10. The minimum atomic E-state index is 0.371. The first-order valence-electron chi connectivity index (χ1n) is 7.05. The molecule has 1 heterocycles. The Balaban J connectivity index is 2.14. The Hall–Kier alpha value is -1.32. The SMILES string of the molecule is CC[C@H](N[C@H](CSC)c1ccccc1)c1ccncc1. The first kappa shape index (κ1) is 15.1. The second-order valence-electron chi connectivity index (χ2n) is 4.83. The fourth-order valence-electron chi connectivity index (χ4n) is 2.38. The van der Waals surface area contributed by atoms with Crippen molar-refractivity contribution in [3.8, 4) is 0 Å². The Labute approximate surface area is 126 Å². The van der Waals surface area contributed by atoms with Crippen molar-refractivity contribution in [2.45, 2.75) is 25.4 Å². The van der Waals surface area contributed by atoms with Crippen LogP contribution in [0.25, 0.3) is 0 Å². The zero-order valence-corrected chi connectivity index (χ0v) is 12.9. The van der Waals surface area contributed by atoms with E-state index in [4.69, 9.17) is 0 Å². The molecule has 0 spiro atoms. The Morgan fingerprint density at radius 1 is 1.00 bits per heavy atom. The normalized spacial score (nSPS) is 13.9. The molecule has 2 atom stereocenters. The summed E-state index contributed by atoms with van der Waals surface area (Å²) in [6, 6.07) is 15.6.